The molecule has 2 amide bonds. The summed E-state index contributed by atoms with van der Waals surface area (Å²) in [6, 6.07) is 6.22. The van der Waals surface area contributed by atoms with E-state index in [0.717, 1.165) is 56.9 Å². The van der Waals surface area contributed by atoms with Crippen molar-refractivity contribution in [2.45, 2.75) is 84.6 Å². The predicted molar refractivity (Wildman–Crippen MR) is 110 cm³/mol. The first-order valence-electron chi connectivity index (χ1n) is 10.5. The molecule has 0 aliphatic carbocycles. The SMILES string of the molecule is CC.CC(NC(=O)CCCCCCCCCc1ccccc1C(=O)[O-])C(=O)NO.[Na+]. The minimum absolute atomic E-state index is 0. The number of unbranched alkanes of at least 4 members (excludes halogenated alkanes) is 6. The maximum absolute atomic E-state index is 11.6. The Hall–Kier alpha value is -1.41. The summed E-state index contributed by atoms with van der Waals surface area (Å²) in [6.45, 7) is 5.51. The first-order chi connectivity index (χ1) is 14.0. The molecule has 1 unspecified atom stereocenters. The molecule has 3 N–H and O–H groups in total. The van der Waals surface area contributed by atoms with Crippen molar-refractivity contribution in [2.75, 3.05) is 0 Å². The van der Waals surface area contributed by atoms with Crippen LogP contribution in [0.5, 0.6) is 0 Å². The van der Waals surface area contributed by atoms with E-state index in [2.05, 4.69) is 5.32 Å². The molecule has 0 aromatic heterocycles. The second-order valence-electron chi connectivity index (χ2n) is 6.68. The zero-order chi connectivity index (χ0) is 22.1. The van der Waals surface area contributed by atoms with Crippen molar-refractivity contribution in [3.05, 3.63) is 35.4 Å². The van der Waals surface area contributed by atoms with Crippen molar-refractivity contribution in [3.63, 3.8) is 0 Å². The number of nitrogens with one attached hydrogen (secondary N) is 2. The molecule has 0 aliphatic rings. The molecule has 164 valence electrons. The van der Waals surface area contributed by atoms with E-state index in [9.17, 15) is 19.5 Å². The number of aromatic carboxylic acids is 1. The van der Waals surface area contributed by atoms with Gasteiger partial charge in [0, 0.05) is 12.0 Å². The van der Waals surface area contributed by atoms with Gasteiger partial charge in [-0.25, -0.2) is 5.48 Å². The van der Waals surface area contributed by atoms with Gasteiger partial charge in [0.25, 0.3) is 5.91 Å². The van der Waals surface area contributed by atoms with Crippen LogP contribution in [0, 0.1) is 0 Å². The molecule has 1 atom stereocenters. The van der Waals surface area contributed by atoms with Gasteiger partial charge in [0.2, 0.25) is 5.91 Å². The van der Waals surface area contributed by atoms with E-state index in [-0.39, 0.29) is 41.0 Å². The Kier molecular flexibility index (Phi) is 20.1. The molecule has 0 spiro atoms. The number of hydroxylamine groups is 1. The fraction of sp³-hybridized carbons (Fsp3) is 0.591. The van der Waals surface area contributed by atoms with Crippen molar-refractivity contribution in [1.29, 1.82) is 0 Å². The van der Waals surface area contributed by atoms with E-state index in [0.29, 0.717) is 6.42 Å². The first kappa shape index (κ1) is 30.8. The molecule has 7 nitrogen and oxygen atoms in total. The van der Waals surface area contributed by atoms with E-state index in [1.54, 1.807) is 12.1 Å². The van der Waals surface area contributed by atoms with Gasteiger partial charge in [-0.2, -0.15) is 0 Å². The number of carboxylic acid groups (broad SMARTS) is 1. The van der Waals surface area contributed by atoms with Gasteiger partial charge in [-0.15, -0.1) is 0 Å². The number of rotatable bonds is 13. The fourth-order valence-corrected chi connectivity index (χ4v) is 2.90. The van der Waals surface area contributed by atoms with Crippen LogP contribution in [-0.2, 0) is 16.0 Å². The van der Waals surface area contributed by atoms with Gasteiger partial charge in [0.15, 0.2) is 0 Å². The van der Waals surface area contributed by atoms with E-state index < -0.39 is 17.9 Å². The molecular weight excluding hydrogens is 395 g/mol. The minimum Gasteiger partial charge on any atom is -0.545 e. The summed E-state index contributed by atoms with van der Waals surface area (Å²) < 4.78 is 0. The summed E-state index contributed by atoms with van der Waals surface area (Å²) in [6.07, 6.45) is 7.98. The fourth-order valence-electron chi connectivity index (χ4n) is 2.90. The Morgan fingerprint density at radius 1 is 0.967 bits per heavy atom. The largest absolute Gasteiger partial charge is 1.00 e. The topological polar surface area (TPSA) is 119 Å². The second kappa shape index (κ2) is 19.5. The van der Waals surface area contributed by atoms with Gasteiger partial charge in [-0.3, -0.25) is 14.8 Å². The number of amides is 2. The quantitative estimate of drug-likeness (QED) is 0.173. The summed E-state index contributed by atoms with van der Waals surface area (Å²) in [5.74, 6) is -1.95. The van der Waals surface area contributed by atoms with Gasteiger partial charge in [-0.05, 0) is 31.7 Å². The molecule has 0 saturated heterocycles. The van der Waals surface area contributed by atoms with Crippen LogP contribution in [0.1, 0.15) is 88.1 Å². The number of carbonyl (C=O) groups excluding carboxylic acids is 3. The van der Waals surface area contributed by atoms with Gasteiger partial charge in [0.1, 0.15) is 6.04 Å². The summed E-state index contributed by atoms with van der Waals surface area (Å²) in [7, 11) is 0. The van der Waals surface area contributed by atoms with E-state index in [4.69, 9.17) is 5.21 Å². The van der Waals surface area contributed by atoms with Crippen LogP contribution in [0.4, 0.5) is 0 Å². The molecule has 8 heteroatoms. The number of aryl methyl sites for hydroxylation is 1. The van der Waals surface area contributed by atoms with Crippen LogP contribution in [0.3, 0.4) is 0 Å². The average Bonchev–Trinajstić information content (AvgIpc) is 2.73. The molecule has 1 aromatic rings. The summed E-state index contributed by atoms with van der Waals surface area (Å²) in [5.41, 5.74) is 2.61. The first-order valence-corrected chi connectivity index (χ1v) is 10.5. The summed E-state index contributed by atoms with van der Waals surface area (Å²) >= 11 is 0. The smallest absolute Gasteiger partial charge is 0.545 e. The number of hydrogen-bond acceptors (Lipinski definition) is 5. The Morgan fingerprint density at radius 3 is 2.07 bits per heavy atom. The zero-order valence-corrected chi connectivity index (χ0v) is 20.8. The molecule has 0 aliphatic heterocycles. The Morgan fingerprint density at radius 2 is 1.50 bits per heavy atom. The van der Waals surface area contributed by atoms with Crippen LogP contribution in [0.15, 0.2) is 24.3 Å². The molecule has 1 aromatic carbocycles. The molecular formula is C22H35N2NaO5. The van der Waals surface area contributed by atoms with Crippen molar-refractivity contribution < 1.29 is 54.3 Å². The van der Waals surface area contributed by atoms with Crippen molar-refractivity contribution in [1.82, 2.24) is 10.8 Å². The van der Waals surface area contributed by atoms with Crippen LogP contribution < -0.4 is 45.5 Å². The minimum atomic E-state index is -1.12. The maximum Gasteiger partial charge on any atom is 1.00 e. The van der Waals surface area contributed by atoms with E-state index >= 15 is 0 Å². The van der Waals surface area contributed by atoms with Crippen molar-refractivity contribution >= 4 is 17.8 Å². The van der Waals surface area contributed by atoms with E-state index in [1.165, 1.54) is 12.4 Å². The normalized spacial score (nSPS) is 10.7. The third-order valence-electron chi connectivity index (χ3n) is 4.47. The average molecular weight is 431 g/mol. The van der Waals surface area contributed by atoms with Crippen LogP contribution in [0.2, 0.25) is 0 Å². The summed E-state index contributed by atoms with van der Waals surface area (Å²) in [4.78, 5) is 33.8. The maximum atomic E-state index is 11.6. The standard InChI is InChI=1S/C20H30N2O5.C2H6.Na/c1-15(19(24)22-27)21-18(23)14-8-6-4-2-3-5-7-11-16-12-9-10-13-17(16)20(25)26;1-2;/h9-10,12-13,15,27H,2-8,11,14H2,1H3,(H,21,23)(H,22,24)(H,25,26);1-2H3;/q;;+1/p-1. The number of carboxylic acids is 1. The molecule has 0 fully saturated rings. The van der Waals surface area contributed by atoms with Crippen LogP contribution in [0.25, 0.3) is 0 Å². The van der Waals surface area contributed by atoms with Gasteiger partial charge in [0.05, 0.1) is 5.97 Å². The predicted octanol–water partition coefficient (Wildman–Crippen LogP) is -0.246. The monoisotopic (exact) mass is 430 g/mol. The number of carbonyl (C=O) groups is 3. The van der Waals surface area contributed by atoms with Gasteiger partial charge in [-0.1, -0.05) is 70.2 Å². The molecule has 30 heavy (non-hydrogen) atoms. The second-order valence-corrected chi connectivity index (χ2v) is 6.68. The summed E-state index contributed by atoms with van der Waals surface area (Å²) in [5, 5.41) is 22.0. The number of hydrogen-bond donors (Lipinski definition) is 3. The van der Waals surface area contributed by atoms with Crippen LogP contribution in [-0.4, -0.2) is 29.0 Å². The van der Waals surface area contributed by atoms with Crippen LogP contribution >= 0.6 is 0 Å². The Balaban J connectivity index is 0. The molecule has 0 saturated carbocycles. The van der Waals surface area contributed by atoms with Crippen molar-refractivity contribution in [3.8, 4) is 0 Å². The zero-order valence-electron chi connectivity index (χ0n) is 18.8. The third kappa shape index (κ3) is 13.7. The molecule has 0 heterocycles. The van der Waals surface area contributed by atoms with Crippen molar-refractivity contribution in [2.24, 2.45) is 0 Å². The Labute approximate surface area is 202 Å². The Bertz CT molecular complexity index is 625. The van der Waals surface area contributed by atoms with Gasteiger partial charge < -0.3 is 15.2 Å². The number of benzene rings is 1. The third-order valence-corrected chi connectivity index (χ3v) is 4.47. The van der Waals surface area contributed by atoms with Gasteiger partial charge >= 0.3 is 29.6 Å². The molecule has 0 radical (unpaired) electrons. The van der Waals surface area contributed by atoms with E-state index in [1.807, 2.05) is 26.0 Å². The molecule has 1 rings (SSSR count). The molecule has 0 bridgehead atoms.